The summed E-state index contributed by atoms with van der Waals surface area (Å²) >= 11 is 0. The number of fused-ring (bicyclic) bond motifs is 1. The van der Waals surface area contributed by atoms with Crippen LogP contribution in [0, 0.1) is 5.82 Å². The molecule has 3 N–H and O–H groups in total. The van der Waals surface area contributed by atoms with Crippen molar-refractivity contribution in [3.63, 3.8) is 0 Å². The molecule has 2 atom stereocenters. The minimum Gasteiger partial charge on any atom is -0.351 e. The zero-order valence-corrected chi connectivity index (χ0v) is 19.9. The first kappa shape index (κ1) is 24.1. The van der Waals surface area contributed by atoms with Gasteiger partial charge in [0, 0.05) is 29.2 Å². The predicted molar refractivity (Wildman–Crippen MR) is 133 cm³/mol. The van der Waals surface area contributed by atoms with Gasteiger partial charge in [-0.25, -0.2) is 26.7 Å². The molecule has 2 aromatic carbocycles. The van der Waals surface area contributed by atoms with Crippen molar-refractivity contribution in [1.29, 1.82) is 0 Å². The molecule has 0 unspecified atom stereocenters. The van der Waals surface area contributed by atoms with Crippen molar-refractivity contribution in [2.24, 2.45) is 5.73 Å². The molecule has 0 radical (unpaired) electrons. The SMILES string of the molecule is Cl.N[C@H]1CCC[C@@H](Nc2ncc(F)c(-c3cn(S(=O)(=O)c4ccccc4)c4ccccc34)n2)C1. The second kappa shape index (κ2) is 9.69. The maximum absolute atomic E-state index is 14.9. The fourth-order valence-electron chi connectivity index (χ4n) is 4.41. The lowest BCUT2D eigenvalue weighted by Gasteiger charge is -2.27. The molecule has 0 amide bonds. The van der Waals surface area contributed by atoms with E-state index in [0.29, 0.717) is 22.4 Å². The number of halogens is 2. The van der Waals surface area contributed by atoms with E-state index >= 15 is 0 Å². The van der Waals surface area contributed by atoms with Gasteiger partial charge >= 0.3 is 0 Å². The molecule has 0 aliphatic heterocycles. The van der Waals surface area contributed by atoms with Gasteiger partial charge in [0.2, 0.25) is 5.95 Å². The molecule has 4 aromatic rings. The van der Waals surface area contributed by atoms with E-state index in [2.05, 4.69) is 15.3 Å². The summed E-state index contributed by atoms with van der Waals surface area (Å²) in [5.74, 6) is -0.325. The number of para-hydroxylation sites is 1. The Morgan fingerprint density at radius 3 is 2.56 bits per heavy atom. The van der Waals surface area contributed by atoms with E-state index in [1.54, 1.807) is 42.5 Å². The number of nitrogens with two attached hydrogens (primary N) is 1. The molecule has 1 aliphatic rings. The molecule has 34 heavy (non-hydrogen) atoms. The number of rotatable bonds is 5. The van der Waals surface area contributed by atoms with Crippen molar-refractivity contribution in [3.8, 4) is 11.3 Å². The first-order valence-corrected chi connectivity index (χ1v) is 12.3. The van der Waals surface area contributed by atoms with Crippen LogP contribution in [-0.2, 0) is 10.0 Å². The molecular formula is C24H25ClFN5O2S. The highest BCUT2D eigenvalue weighted by atomic mass is 35.5. The van der Waals surface area contributed by atoms with Gasteiger partial charge in [-0.1, -0.05) is 36.4 Å². The van der Waals surface area contributed by atoms with Crippen LogP contribution in [-0.4, -0.2) is 34.4 Å². The van der Waals surface area contributed by atoms with Gasteiger partial charge < -0.3 is 11.1 Å². The molecule has 1 aliphatic carbocycles. The Balaban J connectivity index is 0.00000274. The molecule has 10 heteroatoms. The molecule has 178 valence electrons. The fourth-order valence-corrected chi connectivity index (χ4v) is 5.80. The van der Waals surface area contributed by atoms with E-state index < -0.39 is 15.8 Å². The Hall–Kier alpha value is -3.01. The number of hydrogen-bond donors (Lipinski definition) is 2. The number of benzene rings is 2. The summed E-state index contributed by atoms with van der Waals surface area (Å²) in [5.41, 5.74) is 6.95. The van der Waals surface area contributed by atoms with E-state index in [4.69, 9.17) is 5.73 Å². The Morgan fingerprint density at radius 2 is 1.79 bits per heavy atom. The quantitative estimate of drug-likeness (QED) is 0.415. The summed E-state index contributed by atoms with van der Waals surface area (Å²) in [6.45, 7) is 0. The summed E-state index contributed by atoms with van der Waals surface area (Å²) in [4.78, 5) is 8.69. The van der Waals surface area contributed by atoms with Gasteiger partial charge in [0.1, 0.15) is 5.69 Å². The van der Waals surface area contributed by atoms with E-state index in [-0.39, 0.29) is 35.1 Å². The summed E-state index contributed by atoms with van der Waals surface area (Å²) < 4.78 is 42.8. The number of nitrogens with one attached hydrogen (secondary N) is 1. The van der Waals surface area contributed by atoms with Crippen LogP contribution in [0.1, 0.15) is 25.7 Å². The highest BCUT2D eigenvalue weighted by Crippen LogP contribution is 2.34. The second-order valence-electron chi connectivity index (χ2n) is 8.33. The molecule has 7 nitrogen and oxygen atoms in total. The summed E-state index contributed by atoms with van der Waals surface area (Å²) in [6.07, 6.45) is 6.29. The van der Waals surface area contributed by atoms with E-state index in [1.165, 1.54) is 22.3 Å². The van der Waals surface area contributed by atoms with Crippen LogP contribution in [0.5, 0.6) is 0 Å². The Kier molecular flexibility index (Phi) is 6.88. The van der Waals surface area contributed by atoms with E-state index in [9.17, 15) is 12.8 Å². The monoisotopic (exact) mass is 501 g/mol. The largest absolute Gasteiger partial charge is 0.351 e. The molecule has 0 saturated heterocycles. The third kappa shape index (κ3) is 4.51. The topological polar surface area (TPSA) is 103 Å². The smallest absolute Gasteiger partial charge is 0.268 e. The fraction of sp³-hybridized carbons (Fsp3) is 0.250. The van der Waals surface area contributed by atoms with Gasteiger partial charge in [0.25, 0.3) is 10.0 Å². The van der Waals surface area contributed by atoms with Crippen LogP contribution in [0.25, 0.3) is 22.2 Å². The van der Waals surface area contributed by atoms with E-state index in [1.807, 2.05) is 0 Å². The zero-order valence-electron chi connectivity index (χ0n) is 18.3. The lowest BCUT2D eigenvalue weighted by atomic mass is 9.92. The number of anilines is 1. The molecule has 2 heterocycles. The van der Waals surface area contributed by atoms with Crippen molar-refractivity contribution in [1.82, 2.24) is 13.9 Å². The van der Waals surface area contributed by atoms with Crippen LogP contribution >= 0.6 is 12.4 Å². The lowest BCUT2D eigenvalue weighted by Crippen LogP contribution is -2.35. The van der Waals surface area contributed by atoms with Crippen molar-refractivity contribution in [2.75, 3.05) is 5.32 Å². The minimum absolute atomic E-state index is 0. The number of hydrogen-bond acceptors (Lipinski definition) is 6. The van der Waals surface area contributed by atoms with Gasteiger partial charge in [0.05, 0.1) is 16.6 Å². The van der Waals surface area contributed by atoms with Crippen molar-refractivity contribution >= 4 is 39.3 Å². The van der Waals surface area contributed by atoms with Crippen molar-refractivity contribution < 1.29 is 12.8 Å². The summed E-state index contributed by atoms with van der Waals surface area (Å²) in [7, 11) is -3.88. The second-order valence-corrected chi connectivity index (χ2v) is 10.1. The molecule has 2 aromatic heterocycles. The average Bonchev–Trinajstić information content (AvgIpc) is 3.21. The van der Waals surface area contributed by atoms with Crippen LogP contribution in [0.15, 0.2) is 71.9 Å². The zero-order chi connectivity index (χ0) is 23.0. The average molecular weight is 502 g/mol. The number of aromatic nitrogens is 3. The van der Waals surface area contributed by atoms with Gasteiger partial charge in [-0.05, 0) is 43.9 Å². The predicted octanol–water partition coefficient (Wildman–Crippen LogP) is 4.58. The van der Waals surface area contributed by atoms with Crippen molar-refractivity contribution in [2.45, 2.75) is 42.7 Å². The van der Waals surface area contributed by atoms with Crippen LogP contribution in [0.4, 0.5) is 10.3 Å². The van der Waals surface area contributed by atoms with Crippen molar-refractivity contribution in [3.05, 3.63) is 72.8 Å². The third-order valence-electron chi connectivity index (χ3n) is 6.03. The Labute approximate surface area is 203 Å². The third-order valence-corrected chi connectivity index (χ3v) is 7.71. The Bertz CT molecular complexity index is 1410. The molecule has 0 spiro atoms. The normalized spacial score (nSPS) is 18.4. The van der Waals surface area contributed by atoms with Gasteiger partial charge in [-0.2, -0.15) is 0 Å². The summed E-state index contributed by atoms with van der Waals surface area (Å²) in [5, 5.41) is 3.85. The van der Waals surface area contributed by atoms with Crippen LogP contribution in [0.2, 0.25) is 0 Å². The van der Waals surface area contributed by atoms with Gasteiger partial charge in [-0.3, -0.25) is 0 Å². The molecule has 0 bridgehead atoms. The summed E-state index contributed by atoms with van der Waals surface area (Å²) in [6, 6.07) is 15.4. The molecule has 1 fully saturated rings. The first-order valence-electron chi connectivity index (χ1n) is 10.9. The molecule has 1 saturated carbocycles. The number of nitrogens with zero attached hydrogens (tertiary/aromatic N) is 3. The highest BCUT2D eigenvalue weighted by Gasteiger charge is 2.24. The molecular weight excluding hydrogens is 477 g/mol. The minimum atomic E-state index is -3.88. The first-order chi connectivity index (χ1) is 15.9. The maximum atomic E-state index is 14.9. The van der Waals surface area contributed by atoms with Crippen LogP contribution in [0.3, 0.4) is 0 Å². The Morgan fingerprint density at radius 1 is 1.06 bits per heavy atom. The van der Waals surface area contributed by atoms with Gasteiger partial charge in [0.15, 0.2) is 5.82 Å². The maximum Gasteiger partial charge on any atom is 0.268 e. The molecule has 5 rings (SSSR count). The van der Waals surface area contributed by atoms with Crippen LogP contribution < -0.4 is 11.1 Å². The van der Waals surface area contributed by atoms with Gasteiger partial charge in [-0.15, -0.1) is 12.4 Å². The van der Waals surface area contributed by atoms with E-state index in [0.717, 1.165) is 31.9 Å². The standard InChI is InChI=1S/C24H24FN5O2S.ClH/c25-21-14-27-24(28-17-8-6-7-16(26)13-17)29-23(21)20-15-30(22-12-5-4-11-19(20)22)33(31,32)18-9-2-1-3-10-18;/h1-5,9-12,14-17H,6-8,13,26H2,(H,27,28,29);1H/t16-,17+;/m0./s1. The highest BCUT2D eigenvalue weighted by molar-refractivity contribution is 7.90. The lowest BCUT2D eigenvalue weighted by molar-refractivity contribution is 0.408.